The molecule has 1 fully saturated rings. The molecule has 1 saturated heterocycles. The molecule has 0 N–H and O–H groups in total. The molecule has 2 amide bonds. The Labute approximate surface area is 154 Å². The minimum Gasteiger partial charge on any atom is -0.496 e. The van der Waals surface area contributed by atoms with Crippen LogP contribution in [-0.4, -0.2) is 43.0 Å². The molecule has 0 bridgehead atoms. The number of carbonyl (C=O) groups excluding carboxylic acids is 2. The number of rotatable bonds is 3. The van der Waals surface area contributed by atoms with Crippen LogP contribution in [0, 0.1) is 13.8 Å². The first-order chi connectivity index (χ1) is 12.4. The number of hydrogen-bond donors (Lipinski definition) is 0. The third-order valence-electron chi connectivity index (χ3n) is 4.93. The number of piperazine rings is 1. The van der Waals surface area contributed by atoms with Crippen LogP contribution in [0.5, 0.6) is 5.75 Å². The molecule has 0 saturated carbocycles. The molecular formula is C21H24N2O3. The van der Waals surface area contributed by atoms with Crippen molar-refractivity contribution in [3.63, 3.8) is 0 Å². The molecule has 0 spiro atoms. The average Bonchev–Trinajstić information content (AvgIpc) is 2.64. The maximum atomic E-state index is 13.0. The molecule has 5 heteroatoms. The van der Waals surface area contributed by atoms with E-state index in [4.69, 9.17) is 4.74 Å². The number of anilines is 1. The molecule has 1 heterocycles. The molecule has 1 aliphatic heterocycles. The lowest BCUT2D eigenvalue weighted by Gasteiger charge is -2.39. The maximum Gasteiger partial charge on any atom is 0.255 e. The Balaban J connectivity index is 1.82. The van der Waals surface area contributed by atoms with Crippen LogP contribution in [0.25, 0.3) is 0 Å². The highest BCUT2D eigenvalue weighted by atomic mass is 16.5. The summed E-state index contributed by atoms with van der Waals surface area (Å²) in [4.78, 5) is 29.1. The fourth-order valence-electron chi connectivity index (χ4n) is 3.32. The van der Waals surface area contributed by atoms with Crippen LogP contribution in [0.1, 0.15) is 28.4 Å². The van der Waals surface area contributed by atoms with E-state index in [1.54, 1.807) is 29.0 Å². The van der Waals surface area contributed by atoms with Gasteiger partial charge in [0.2, 0.25) is 5.91 Å². The van der Waals surface area contributed by atoms with Gasteiger partial charge in [-0.05, 0) is 45.0 Å². The van der Waals surface area contributed by atoms with Gasteiger partial charge in [-0.2, -0.15) is 0 Å². The smallest absolute Gasteiger partial charge is 0.255 e. The number of aryl methyl sites for hydroxylation is 1. The van der Waals surface area contributed by atoms with Crippen molar-refractivity contribution in [2.24, 2.45) is 0 Å². The molecule has 1 atom stereocenters. The Morgan fingerprint density at radius 3 is 2.46 bits per heavy atom. The summed E-state index contributed by atoms with van der Waals surface area (Å²) >= 11 is 0. The lowest BCUT2D eigenvalue weighted by molar-refractivity contribution is -0.121. The van der Waals surface area contributed by atoms with Crippen molar-refractivity contribution >= 4 is 17.5 Å². The van der Waals surface area contributed by atoms with E-state index in [1.807, 2.05) is 51.1 Å². The monoisotopic (exact) mass is 352 g/mol. The lowest BCUT2D eigenvalue weighted by Crippen LogP contribution is -2.57. The molecular weight excluding hydrogens is 328 g/mol. The first-order valence-corrected chi connectivity index (χ1v) is 8.74. The van der Waals surface area contributed by atoms with Crippen LogP contribution in [0.15, 0.2) is 42.5 Å². The van der Waals surface area contributed by atoms with Crippen LogP contribution in [0.4, 0.5) is 5.69 Å². The number of carbonyl (C=O) groups is 2. The average molecular weight is 352 g/mol. The van der Waals surface area contributed by atoms with E-state index >= 15 is 0 Å². The summed E-state index contributed by atoms with van der Waals surface area (Å²) in [5.41, 5.74) is 3.39. The Bertz CT molecular complexity index is 830. The van der Waals surface area contributed by atoms with Crippen molar-refractivity contribution in [3.05, 3.63) is 59.2 Å². The van der Waals surface area contributed by atoms with Gasteiger partial charge in [-0.15, -0.1) is 0 Å². The van der Waals surface area contributed by atoms with E-state index < -0.39 is 0 Å². The van der Waals surface area contributed by atoms with Crippen molar-refractivity contribution in [1.82, 2.24) is 4.90 Å². The second-order valence-corrected chi connectivity index (χ2v) is 6.75. The Morgan fingerprint density at radius 1 is 1.12 bits per heavy atom. The summed E-state index contributed by atoms with van der Waals surface area (Å²) < 4.78 is 5.31. The van der Waals surface area contributed by atoms with E-state index in [-0.39, 0.29) is 24.4 Å². The van der Waals surface area contributed by atoms with Crippen LogP contribution >= 0.6 is 0 Å². The van der Waals surface area contributed by atoms with Crippen LogP contribution in [0.2, 0.25) is 0 Å². The van der Waals surface area contributed by atoms with Crippen LogP contribution < -0.4 is 9.64 Å². The summed E-state index contributed by atoms with van der Waals surface area (Å²) in [6, 6.07) is 13.2. The predicted molar refractivity (Wildman–Crippen MR) is 102 cm³/mol. The summed E-state index contributed by atoms with van der Waals surface area (Å²) in [5.74, 6) is 0.472. The minimum absolute atomic E-state index is 0.0687. The van der Waals surface area contributed by atoms with Gasteiger partial charge in [0.15, 0.2) is 0 Å². The van der Waals surface area contributed by atoms with Gasteiger partial charge in [0.1, 0.15) is 12.3 Å². The number of nitrogens with zero attached hydrogens (tertiary/aromatic N) is 2. The summed E-state index contributed by atoms with van der Waals surface area (Å²) in [6.07, 6.45) is 0. The molecule has 5 nitrogen and oxygen atoms in total. The molecule has 0 radical (unpaired) electrons. The molecule has 0 unspecified atom stereocenters. The first-order valence-electron chi connectivity index (χ1n) is 8.74. The van der Waals surface area contributed by atoms with E-state index in [0.717, 1.165) is 16.8 Å². The SMILES string of the molecule is COc1cccc(C(=O)N2CC(=O)N(c3ccc(C)cc3)C[C@@H]2C)c1C. The molecule has 0 aliphatic carbocycles. The number of hydrogen-bond acceptors (Lipinski definition) is 3. The third-order valence-corrected chi connectivity index (χ3v) is 4.93. The van der Waals surface area contributed by atoms with Gasteiger partial charge in [-0.3, -0.25) is 9.59 Å². The topological polar surface area (TPSA) is 49.9 Å². The van der Waals surface area contributed by atoms with Crippen molar-refractivity contribution in [3.8, 4) is 5.75 Å². The molecule has 1 aliphatic rings. The van der Waals surface area contributed by atoms with E-state index in [0.29, 0.717) is 17.9 Å². The Hall–Kier alpha value is -2.82. The zero-order valence-electron chi connectivity index (χ0n) is 15.7. The zero-order chi connectivity index (χ0) is 18.8. The highest BCUT2D eigenvalue weighted by Crippen LogP contribution is 2.25. The third kappa shape index (κ3) is 3.29. The van der Waals surface area contributed by atoms with E-state index in [9.17, 15) is 9.59 Å². The van der Waals surface area contributed by atoms with Crippen molar-refractivity contribution in [2.45, 2.75) is 26.8 Å². The quantitative estimate of drug-likeness (QED) is 0.852. The van der Waals surface area contributed by atoms with Gasteiger partial charge in [0.05, 0.1) is 7.11 Å². The molecule has 136 valence electrons. The molecule has 3 rings (SSSR count). The minimum atomic E-state index is -0.134. The number of amides is 2. The largest absolute Gasteiger partial charge is 0.496 e. The van der Waals surface area contributed by atoms with Gasteiger partial charge in [0, 0.05) is 29.4 Å². The number of ether oxygens (including phenoxy) is 1. The summed E-state index contributed by atoms with van der Waals surface area (Å²) in [6.45, 7) is 6.41. The predicted octanol–water partition coefficient (Wildman–Crippen LogP) is 3.19. The fraction of sp³-hybridized carbons (Fsp3) is 0.333. The first kappa shape index (κ1) is 18.0. The fourth-order valence-corrected chi connectivity index (χ4v) is 3.32. The standard InChI is InChI=1S/C21H24N2O3/c1-14-8-10-17(11-9-14)23-12-15(2)22(13-20(23)24)21(25)18-6-5-7-19(26-4)16(18)3/h5-11,15H,12-13H2,1-4H3/t15-/m0/s1. The van der Waals surface area contributed by atoms with Gasteiger partial charge in [-0.1, -0.05) is 23.8 Å². The summed E-state index contributed by atoms with van der Waals surface area (Å²) in [7, 11) is 1.59. The second kappa shape index (κ2) is 7.20. The number of benzene rings is 2. The van der Waals surface area contributed by atoms with Gasteiger partial charge >= 0.3 is 0 Å². The number of methoxy groups -OCH3 is 1. The van der Waals surface area contributed by atoms with Crippen molar-refractivity contribution < 1.29 is 14.3 Å². The molecule has 0 aromatic heterocycles. The highest BCUT2D eigenvalue weighted by Gasteiger charge is 2.34. The second-order valence-electron chi connectivity index (χ2n) is 6.75. The molecule has 2 aromatic rings. The Kier molecular flexibility index (Phi) is 4.98. The van der Waals surface area contributed by atoms with Crippen LogP contribution in [-0.2, 0) is 4.79 Å². The molecule has 26 heavy (non-hydrogen) atoms. The van der Waals surface area contributed by atoms with Crippen molar-refractivity contribution in [2.75, 3.05) is 25.1 Å². The zero-order valence-corrected chi connectivity index (χ0v) is 15.7. The highest BCUT2D eigenvalue weighted by molar-refractivity contribution is 6.02. The van der Waals surface area contributed by atoms with Gasteiger partial charge < -0.3 is 14.5 Å². The summed E-state index contributed by atoms with van der Waals surface area (Å²) in [5, 5.41) is 0. The van der Waals surface area contributed by atoms with Gasteiger partial charge in [0.25, 0.3) is 5.91 Å². The van der Waals surface area contributed by atoms with Crippen molar-refractivity contribution in [1.29, 1.82) is 0 Å². The Morgan fingerprint density at radius 2 is 1.81 bits per heavy atom. The van der Waals surface area contributed by atoms with E-state index in [2.05, 4.69) is 0 Å². The molecule has 2 aromatic carbocycles. The van der Waals surface area contributed by atoms with Gasteiger partial charge in [-0.25, -0.2) is 0 Å². The lowest BCUT2D eigenvalue weighted by atomic mass is 10.0. The maximum absolute atomic E-state index is 13.0. The van der Waals surface area contributed by atoms with Crippen LogP contribution in [0.3, 0.4) is 0 Å². The normalized spacial score (nSPS) is 17.4. The van der Waals surface area contributed by atoms with E-state index in [1.165, 1.54) is 0 Å².